The first-order chi connectivity index (χ1) is 13.1. The minimum atomic E-state index is -0.379. The average Bonchev–Trinajstić information content (AvgIpc) is 2.67. The van der Waals surface area contributed by atoms with Gasteiger partial charge in [0.25, 0.3) is 5.91 Å². The van der Waals surface area contributed by atoms with Crippen LogP contribution in [0.2, 0.25) is 0 Å². The second-order valence-electron chi connectivity index (χ2n) is 6.16. The van der Waals surface area contributed by atoms with Gasteiger partial charge in [-0.25, -0.2) is 5.43 Å². The number of para-hydroxylation sites is 1. The predicted octanol–water partition coefficient (Wildman–Crippen LogP) is 3.54. The van der Waals surface area contributed by atoms with E-state index in [4.69, 9.17) is 4.74 Å². The zero-order valence-electron chi connectivity index (χ0n) is 15.7. The number of carbonyl (C=O) groups excluding carboxylic acids is 2. The van der Waals surface area contributed by atoms with E-state index in [1.54, 1.807) is 19.1 Å². The Morgan fingerprint density at radius 3 is 2.37 bits per heavy atom. The van der Waals surface area contributed by atoms with Gasteiger partial charge in [-0.1, -0.05) is 43.7 Å². The van der Waals surface area contributed by atoms with Gasteiger partial charge in [-0.05, 0) is 43.2 Å². The van der Waals surface area contributed by atoms with E-state index < -0.39 is 0 Å². The summed E-state index contributed by atoms with van der Waals surface area (Å²) in [6.45, 7) is 3.67. The van der Waals surface area contributed by atoms with E-state index >= 15 is 0 Å². The highest BCUT2D eigenvalue weighted by Gasteiger charge is 2.06. The minimum absolute atomic E-state index is 0.0922. The van der Waals surface area contributed by atoms with Crippen LogP contribution < -0.4 is 15.5 Å². The molecule has 0 aliphatic rings. The maximum Gasteiger partial charge on any atom is 0.277 e. The molecule has 6 nitrogen and oxygen atoms in total. The second kappa shape index (κ2) is 10.8. The van der Waals surface area contributed by atoms with Crippen LogP contribution in [-0.4, -0.2) is 24.1 Å². The molecule has 0 aliphatic carbocycles. The van der Waals surface area contributed by atoms with Crippen molar-refractivity contribution in [2.24, 2.45) is 5.10 Å². The molecular formula is C21H25N3O3. The third kappa shape index (κ3) is 7.73. The fourth-order valence-corrected chi connectivity index (χ4v) is 2.38. The van der Waals surface area contributed by atoms with Crippen LogP contribution >= 0.6 is 0 Å². The number of benzene rings is 2. The molecule has 2 rings (SSSR count). The molecule has 0 heterocycles. The lowest BCUT2D eigenvalue weighted by Crippen LogP contribution is -2.26. The van der Waals surface area contributed by atoms with E-state index in [-0.39, 0.29) is 24.8 Å². The molecule has 2 amide bonds. The van der Waals surface area contributed by atoms with E-state index in [1.807, 2.05) is 42.5 Å². The number of hydrogen-bond acceptors (Lipinski definition) is 4. The molecule has 2 aromatic rings. The molecule has 0 aromatic heterocycles. The van der Waals surface area contributed by atoms with E-state index in [0.29, 0.717) is 11.5 Å². The Kier molecular flexibility index (Phi) is 8.03. The number of hydrazone groups is 1. The van der Waals surface area contributed by atoms with E-state index in [9.17, 15) is 9.59 Å². The average molecular weight is 367 g/mol. The molecule has 0 aliphatic heterocycles. The number of carbonyl (C=O) groups is 2. The van der Waals surface area contributed by atoms with E-state index in [1.165, 1.54) is 5.56 Å². The largest absolute Gasteiger partial charge is 0.484 e. The normalized spacial score (nSPS) is 11.0. The summed E-state index contributed by atoms with van der Waals surface area (Å²) in [4.78, 5) is 23.7. The van der Waals surface area contributed by atoms with Crippen LogP contribution in [0.1, 0.15) is 32.3 Å². The van der Waals surface area contributed by atoms with Crippen LogP contribution in [0.25, 0.3) is 0 Å². The first-order valence-electron chi connectivity index (χ1n) is 8.95. The Balaban J connectivity index is 1.72. The summed E-state index contributed by atoms with van der Waals surface area (Å²) in [5, 5.41) is 6.70. The Bertz CT molecular complexity index is 771. The molecule has 0 radical (unpaired) electrons. The van der Waals surface area contributed by atoms with Gasteiger partial charge in [-0.2, -0.15) is 5.10 Å². The molecule has 0 bridgehead atoms. The number of nitrogens with one attached hydrogen (secondary N) is 2. The van der Waals surface area contributed by atoms with Crippen molar-refractivity contribution in [3.05, 3.63) is 60.2 Å². The number of aryl methyl sites for hydroxylation is 1. The van der Waals surface area contributed by atoms with Gasteiger partial charge in [0.1, 0.15) is 5.75 Å². The van der Waals surface area contributed by atoms with Gasteiger partial charge in [-0.3, -0.25) is 9.59 Å². The molecule has 0 atom stereocenters. The van der Waals surface area contributed by atoms with Crippen molar-refractivity contribution < 1.29 is 14.3 Å². The van der Waals surface area contributed by atoms with Gasteiger partial charge >= 0.3 is 0 Å². The summed E-state index contributed by atoms with van der Waals surface area (Å²) < 4.78 is 5.43. The standard InChI is InChI=1S/C21H25N3O3/c1-3-7-17-10-12-19(13-11-17)27-15-21(26)24-23-16(2)14-20(25)22-18-8-5-4-6-9-18/h4-6,8-13H,3,7,14-15H2,1-2H3,(H,22,25)(H,24,26)/b23-16+. The van der Waals surface area contributed by atoms with Crippen molar-refractivity contribution >= 4 is 23.2 Å². The van der Waals surface area contributed by atoms with Crippen LogP contribution in [0.15, 0.2) is 59.7 Å². The van der Waals surface area contributed by atoms with Gasteiger partial charge < -0.3 is 10.1 Å². The van der Waals surface area contributed by atoms with Crippen LogP contribution in [0.3, 0.4) is 0 Å². The summed E-state index contributed by atoms with van der Waals surface area (Å²) >= 11 is 0. The molecule has 0 fully saturated rings. The molecule has 0 saturated carbocycles. The summed E-state index contributed by atoms with van der Waals surface area (Å²) in [6, 6.07) is 16.8. The Morgan fingerprint density at radius 1 is 1.00 bits per heavy atom. The molecule has 0 unspecified atom stereocenters. The molecule has 6 heteroatoms. The SMILES string of the molecule is CCCc1ccc(OCC(=O)N/N=C(\C)CC(=O)Nc2ccccc2)cc1. The molecule has 142 valence electrons. The summed E-state index contributed by atoms with van der Waals surface area (Å²) in [6.07, 6.45) is 2.20. The molecule has 2 aromatic carbocycles. The van der Waals surface area contributed by atoms with Crippen molar-refractivity contribution in [2.45, 2.75) is 33.1 Å². The van der Waals surface area contributed by atoms with Crippen LogP contribution in [-0.2, 0) is 16.0 Å². The van der Waals surface area contributed by atoms with Crippen molar-refractivity contribution in [3.8, 4) is 5.75 Å². The Hall–Kier alpha value is -3.15. The fourth-order valence-electron chi connectivity index (χ4n) is 2.38. The van der Waals surface area contributed by atoms with Gasteiger partial charge in [0, 0.05) is 11.4 Å². The first kappa shape index (κ1) is 20.2. The van der Waals surface area contributed by atoms with Crippen molar-refractivity contribution in [2.75, 3.05) is 11.9 Å². The second-order valence-corrected chi connectivity index (χ2v) is 6.16. The van der Waals surface area contributed by atoms with Crippen molar-refractivity contribution in [1.29, 1.82) is 0 Å². The highest BCUT2D eigenvalue weighted by molar-refractivity contribution is 6.05. The van der Waals surface area contributed by atoms with Crippen LogP contribution in [0.5, 0.6) is 5.75 Å². The quantitative estimate of drug-likeness (QED) is 0.525. The highest BCUT2D eigenvalue weighted by atomic mass is 16.5. The van der Waals surface area contributed by atoms with Gasteiger partial charge in [-0.15, -0.1) is 0 Å². The Labute approximate surface area is 159 Å². The summed E-state index contributed by atoms with van der Waals surface area (Å²) in [7, 11) is 0. The summed E-state index contributed by atoms with van der Waals surface area (Å²) in [5.74, 6) is 0.0588. The summed E-state index contributed by atoms with van der Waals surface area (Å²) in [5.41, 5.74) is 4.86. The van der Waals surface area contributed by atoms with Gasteiger partial charge in [0.15, 0.2) is 6.61 Å². The molecule has 27 heavy (non-hydrogen) atoms. The molecular weight excluding hydrogens is 342 g/mol. The van der Waals surface area contributed by atoms with Gasteiger partial charge in [0.2, 0.25) is 5.91 Å². The monoisotopic (exact) mass is 367 g/mol. The fraction of sp³-hybridized carbons (Fsp3) is 0.286. The lowest BCUT2D eigenvalue weighted by Gasteiger charge is -2.07. The predicted molar refractivity (Wildman–Crippen MR) is 107 cm³/mol. The third-order valence-corrected chi connectivity index (χ3v) is 3.68. The smallest absolute Gasteiger partial charge is 0.277 e. The number of ether oxygens (including phenoxy) is 1. The number of anilines is 1. The van der Waals surface area contributed by atoms with Crippen LogP contribution in [0, 0.1) is 0 Å². The lowest BCUT2D eigenvalue weighted by atomic mass is 10.1. The molecule has 0 saturated heterocycles. The maximum absolute atomic E-state index is 11.9. The van der Waals surface area contributed by atoms with Crippen molar-refractivity contribution in [3.63, 3.8) is 0 Å². The van der Waals surface area contributed by atoms with E-state index in [0.717, 1.165) is 18.5 Å². The van der Waals surface area contributed by atoms with E-state index in [2.05, 4.69) is 22.8 Å². The molecule has 0 spiro atoms. The number of hydrogen-bond donors (Lipinski definition) is 2. The van der Waals surface area contributed by atoms with Crippen molar-refractivity contribution in [1.82, 2.24) is 5.43 Å². The maximum atomic E-state index is 11.9. The Morgan fingerprint density at radius 2 is 1.70 bits per heavy atom. The minimum Gasteiger partial charge on any atom is -0.484 e. The highest BCUT2D eigenvalue weighted by Crippen LogP contribution is 2.13. The molecule has 2 N–H and O–H groups in total. The first-order valence-corrected chi connectivity index (χ1v) is 8.95. The number of nitrogens with zero attached hydrogens (tertiary/aromatic N) is 1. The van der Waals surface area contributed by atoms with Crippen LogP contribution in [0.4, 0.5) is 5.69 Å². The number of rotatable bonds is 9. The zero-order chi connectivity index (χ0) is 19.5. The van der Waals surface area contributed by atoms with Gasteiger partial charge in [0.05, 0.1) is 6.42 Å². The zero-order valence-corrected chi connectivity index (χ0v) is 15.7. The topological polar surface area (TPSA) is 79.8 Å². The third-order valence-electron chi connectivity index (χ3n) is 3.68. The number of amides is 2. The lowest BCUT2D eigenvalue weighted by molar-refractivity contribution is -0.123.